The van der Waals surface area contributed by atoms with Crippen LogP contribution in [0, 0.1) is 6.92 Å². The lowest BCUT2D eigenvalue weighted by atomic mass is 10.1. The summed E-state index contributed by atoms with van der Waals surface area (Å²) in [7, 11) is 0.481. The predicted molar refractivity (Wildman–Crippen MR) is 70.9 cm³/mol. The van der Waals surface area contributed by atoms with E-state index in [0.29, 0.717) is 9.76 Å². The predicted octanol–water partition coefficient (Wildman–Crippen LogP) is 3.57. The molecule has 0 spiro atoms. The third-order valence-corrected chi connectivity index (χ3v) is 3.71. The molecule has 1 aromatic carbocycles. The van der Waals surface area contributed by atoms with Gasteiger partial charge in [0.1, 0.15) is 5.75 Å². The van der Waals surface area contributed by atoms with Gasteiger partial charge in [0.25, 0.3) is 0 Å². The van der Waals surface area contributed by atoms with Gasteiger partial charge >= 0.3 is 9.76 Å². The summed E-state index contributed by atoms with van der Waals surface area (Å²) in [6.07, 6.45) is 2.38. The molecule has 0 fully saturated rings. The van der Waals surface area contributed by atoms with E-state index in [4.69, 9.17) is 10.2 Å². The van der Waals surface area contributed by atoms with E-state index in [-0.39, 0.29) is 5.04 Å². The summed E-state index contributed by atoms with van der Waals surface area (Å²) in [4.78, 5) is 0. The van der Waals surface area contributed by atoms with Gasteiger partial charge in [-0.15, -0.1) is 0 Å². The van der Waals surface area contributed by atoms with Crippen molar-refractivity contribution in [2.24, 2.45) is 0 Å². The lowest BCUT2D eigenvalue weighted by molar-refractivity contribution is 0.500. The van der Waals surface area contributed by atoms with Crippen molar-refractivity contribution < 1.29 is 4.43 Å². The van der Waals surface area contributed by atoms with Gasteiger partial charge in [-0.3, -0.25) is 0 Å². The lowest BCUT2D eigenvalue weighted by Gasteiger charge is -2.21. The second kappa shape index (κ2) is 5.39. The van der Waals surface area contributed by atoms with Crippen molar-refractivity contribution in [1.29, 1.82) is 0 Å². The van der Waals surface area contributed by atoms with Crippen molar-refractivity contribution in [3.63, 3.8) is 0 Å². The molecule has 2 N–H and O–H groups in total. The van der Waals surface area contributed by atoms with Gasteiger partial charge in [-0.05, 0) is 30.0 Å². The molecule has 0 saturated heterocycles. The Morgan fingerprint density at radius 3 is 2.62 bits per heavy atom. The number of anilines is 1. The average molecular weight is 235 g/mol. The van der Waals surface area contributed by atoms with Crippen molar-refractivity contribution in [3.8, 4) is 5.75 Å². The third kappa shape index (κ3) is 3.89. The third-order valence-electron chi connectivity index (χ3n) is 2.57. The van der Waals surface area contributed by atoms with Crippen LogP contribution in [0.3, 0.4) is 0 Å². The first-order valence-electron chi connectivity index (χ1n) is 5.75. The summed E-state index contributed by atoms with van der Waals surface area (Å²) in [5, 5.41) is 0.258. The number of nitrogens with two attached hydrogens (primary N) is 1. The zero-order valence-corrected chi connectivity index (χ0v) is 11.6. The minimum atomic E-state index is 0.258. The minimum absolute atomic E-state index is 0.258. The molecule has 88 valence electrons. The first-order valence-corrected chi connectivity index (χ1v) is 6.65. The molecule has 0 atom stereocenters. The van der Waals surface area contributed by atoms with E-state index < -0.39 is 0 Å². The Morgan fingerprint density at radius 1 is 1.38 bits per heavy atom. The van der Waals surface area contributed by atoms with Crippen LogP contribution >= 0.6 is 0 Å². The number of nitrogen functional groups attached to an aromatic ring is 1. The van der Waals surface area contributed by atoms with E-state index in [1.54, 1.807) is 0 Å². The molecule has 0 aliphatic heterocycles. The molecule has 2 radical (unpaired) electrons. The molecule has 0 aliphatic rings. The standard InChI is InChI=1S/C13H21NOSi/c1-5-8-13(3,4)16-15-11-7-6-10(2)12(14)9-11/h6-7,9H,5,8,14H2,1-4H3. The molecule has 3 heteroatoms. The monoisotopic (exact) mass is 235 g/mol. The number of rotatable bonds is 5. The van der Waals surface area contributed by atoms with Crippen molar-refractivity contribution in [1.82, 2.24) is 0 Å². The van der Waals surface area contributed by atoms with E-state index in [2.05, 4.69) is 20.8 Å². The zero-order valence-electron chi connectivity index (χ0n) is 10.6. The molecule has 2 nitrogen and oxygen atoms in total. The molecule has 0 aliphatic carbocycles. The fourth-order valence-electron chi connectivity index (χ4n) is 1.56. The van der Waals surface area contributed by atoms with Crippen LogP contribution in [0.5, 0.6) is 5.75 Å². The Hall–Kier alpha value is -0.963. The Kier molecular flexibility index (Phi) is 4.41. The SMILES string of the molecule is CCCC(C)(C)[Si]Oc1ccc(C)c(N)c1. The Bertz CT molecular complexity index is 350. The first-order chi connectivity index (χ1) is 7.44. The number of hydrogen-bond acceptors (Lipinski definition) is 2. The molecule has 0 amide bonds. The maximum Gasteiger partial charge on any atom is 0.317 e. The van der Waals surface area contributed by atoms with Crippen molar-refractivity contribution >= 4 is 15.5 Å². The van der Waals surface area contributed by atoms with Gasteiger partial charge in [0, 0.05) is 11.8 Å². The summed E-state index contributed by atoms with van der Waals surface area (Å²) in [5.74, 6) is 0.880. The molecule has 1 aromatic rings. The molecule has 0 unspecified atom stereocenters. The smallest absolute Gasteiger partial charge is 0.317 e. The normalized spacial score (nSPS) is 11.5. The highest BCUT2D eigenvalue weighted by Crippen LogP contribution is 2.30. The highest BCUT2D eigenvalue weighted by Gasteiger charge is 2.20. The van der Waals surface area contributed by atoms with Crippen molar-refractivity contribution in [2.75, 3.05) is 5.73 Å². The molecular formula is C13H21NOSi. The average Bonchev–Trinajstić information content (AvgIpc) is 2.20. The van der Waals surface area contributed by atoms with Gasteiger partial charge in [0.05, 0.1) is 0 Å². The summed E-state index contributed by atoms with van der Waals surface area (Å²) in [5.41, 5.74) is 7.74. The number of aryl methyl sites for hydroxylation is 1. The van der Waals surface area contributed by atoms with E-state index in [9.17, 15) is 0 Å². The van der Waals surface area contributed by atoms with Crippen molar-refractivity contribution in [3.05, 3.63) is 23.8 Å². The van der Waals surface area contributed by atoms with Crippen LogP contribution in [0.15, 0.2) is 18.2 Å². The summed E-state index contributed by atoms with van der Waals surface area (Å²) in [6, 6.07) is 5.90. The van der Waals surface area contributed by atoms with Crippen LogP contribution in [0.25, 0.3) is 0 Å². The molecule has 0 saturated carbocycles. The molecule has 0 aromatic heterocycles. The second-order valence-electron chi connectivity index (χ2n) is 4.86. The Morgan fingerprint density at radius 2 is 2.06 bits per heavy atom. The quantitative estimate of drug-likeness (QED) is 0.625. The maximum absolute atomic E-state index is 5.84. The molecular weight excluding hydrogens is 214 g/mol. The minimum Gasteiger partial charge on any atom is -0.540 e. The van der Waals surface area contributed by atoms with E-state index >= 15 is 0 Å². The molecule has 1 rings (SSSR count). The van der Waals surface area contributed by atoms with Crippen LogP contribution < -0.4 is 10.2 Å². The van der Waals surface area contributed by atoms with E-state index in [0.717, 1.165) is 17.0 Å². The van der Waals surface area contributed by atoms with Gasteiger partial charge in [-0.2, -0.15) is 0 Å². The van der Waals surface area contributed by atoms with Crippen LogP contribution in [-0.4, -0.2) is 9.76 Å². The molecule has 0 bridgehead atoms. The number of benzene rings is 1. The van der Waals surface area contributed by atoms with Crippen LogP contribution in [0.2, 0.25) is 5.04 Å². The molecule has 16 heavy (non-hydrogen) atoms. The fraction of sp³-hybridized carbons (Fsp3) is 0.538. The summed E-state index contributed by atoms with van der Waals surface area (Å²) < 4.78 is 5.81. The summed E-state index contributed by atoms with van der Waals surface area (Å²) in [6.45, 7) is 8.69. The van der Waals surface area contributed by atoms with Gasteiger partial charge in [0.15, 0.2) is 0 Å². The maximum atomic E-state index is 5.84. The van der Waals surface area contributed by atoms with Gasteiger partial charge in [-0.25, -0.2) is 0 Å². The first kappa shape index (κ1) is 13.1. The van der Waals surface area contributed by atoms with Gasteiger partial charge in [-0.1, -0.05) is 33.3 Å². The highest BCUT2D eigenvalue weighted by molar-refractivity contribution is 6.33. The molecule has 0 heterocycles. The zero-order chi connectivity index (χ0) is 12.2. The van der Waals surface area contributed by atoms with Crippen LogP contribution in [0.4, 0.5) is 5.69 Å². The highest BCUT2D eigenvalue weighted by atomic mass is 28.2. The summed E-state index contributed by atoms with van der Waals surface area (Å²) >= 11 is 0. The Balaban J connectivity index is 2.57. The second-order valence-corrected chi connectivity index (χ2v) is 6.62. The fourth-order valence-corrected chi connectivity index (χ4v) is 2.43. The number of hydrogen-bond donors (Lipinski definition) is 1. The van der Waals surface area contributed by atoms with E-state index in [1.165, 1.54) is 12.8 Å². The lowest BCUT2D eigenvalue weighted by Crippen LogP contribution is -2.18. The van der Waals surface area contributed by atoms with E-state index in [1.807, 2.05) is 25.1 Å². The topological polar surface area (TPSA) is 35.2 Å². The Labute approximate surface area is 101 Å². The van der Waals surface area contributed by atoms with Gasteiger partial charge in [0.2, 0.25) is 0 Å². The van der Waals surface area contributed by atoms with Crippen LogP contribution in [-0.2, 0) is 0 Å². The van der Waals surface area contributed by atoms with Gasteiger partial charge < -0.3 is 10.2 Å². The largest absolute Gasteiger partial charge is 0.540 e. The van der Waals surface area contributed by atoms with Crippen molar-refractivity contribution in [2.45, 2.75) is 45.6 Å². The van der Waals surface area contributed by atoms with Crippen LogP contribution in [0.1, 0.15) is 39.2 Å².